The maximum atomic E-state index is 12.8. The molecular weight excluding hydrogens is 454 g/mol. The fraction of sp³-hybridized carbons (Fsp3) is 0.115. The molecule has 0 saturated carbocycles. The molecule has 0 aliphatic heterocycles. The van der Waals surface area contributed by atoms with E-state index in [4.69, 9.17) is 23.8 Å². The van der Waals surface area contributed by atoms with Crippen LogP contribution in [0.5, 0.6) is 0 Å². The van der Waals surface area contributed by atoms with Crippen molar-refractivity contribution in [3.63, 3.8) is 0 Å². The molecule has 3 aromatic carbocycles. The zero-order valence-corrected chi connectivity index (χ0v) is 19.7. The molecule has 0 spiro atoms. The van der Waals surface area contributed by atoms with E-state index in [2.05, 4.69) is 10.6 Å². The van der Waals surface area contributed by atoms with E-state index in [0.717, 1.165) is 17.5 Å². The third kappa shape index (κ3) is 7.00. The molecule has 0 saturated heterocycles. The molecule has 33 heavy (non-hydrogen) atoms. The van der Waals surface area contributed by atoms with Gasteiger partial charge in [-0.15, -0.1) is 0 Å². The zero-order valence-electron chi connectivity index (χ0n) is 18.1. The SMILES string of the molecule is CN(C(=S)NC(=O)/C=C/c1ccccc1Cl)c1ccccc1C(=O)NCCc1ccccc1. The van der Waals surface area contributed by atoms with Crippen LogP contribution < -0.4 is 15.5 Å². The highest BCUT2D eigenvalue weighted by Gasteiger charge is 2.17. The van der Waals surface area contributed by atoms with Crippen LogP contribution in [0.4, 0.5) is 5.69 Å². The Bertz CT molecular complexity index is 1160. The summed E-state index contributed by atoms with van der Waals surface area (Å²) in [7, 11) is 1.70. The number of rotatable bonds is 7. The lowest BCUT2D eigenvalue weighted by Crippen LogP contribution is -2.41. The standard InChI is InChI=1S/C26H24ClN3O2S/c1-30(26(33)29-24(31)16-15-20-11-5-7-13-22(20)27)23-14-8-6-12-21(23)25(32)28-18-17-19-9-3-2-4-10-19/h2-16H,17-18H2,1H3,(H,28,32)(H,29,31,33)/b16-15+. The van der Waals surface area contributed by atoms with Crippen molar-refractivity contribution in [3.8, 4) is 0 Å². The van der Waals surface area contributed by atoms with Crippen molar-refractivity contribution in [1.29, 1.82) is 0 Å². The summed E-state index contributed by atoms with van der Waals surface area (Å²) in [6.45, 7) is 0.509. The number of thiocarbonyl (C=S) groups is 1. The van der Waals surface area contributed by atoms with Gasteiger partial charge in [0, 0.05) is 24.7 Å². The summed E-state index contributed by atoms with van der Waals surface area (Å²) in [5, 5.41) is 6.33. The highest BCUT2D eigenvalue weighted by atomic mass is 35.5. The average molecular weight is 478 g/mol. The van der Waals surface area contributed by atoms with Gasteiger partial charge in [0.2, 0.25) is 5.91 Å². The Labute approximate surface area is 204 Å². The minimum atomic E-state index is -0.392. The number of nitrogens with one attached hydrogen (secondary N) is 2. The minimum Gasteiger partial charge on any atom is -0.352 e. The van der Waals surface area contributed by atoms with Crippen LogP contribution in [0, 0.1) is 0 Å². The van der Waals surface area contributed by atoms with Gasteiger partial charge >= 0.3 is 0 Å². The van der Waals surface area contributed by atoms with E-state index in [1.165, 1.54) is 6.08 Å². The van der Waals surface area contributed by atoms with Crippen LogP contribution >= 0.6 is 23.8 Å². The molecule has 0 aliphatic carbocycles. The van der Waals surface area contributed by atoms with Crippen LogP contribution in [0.1, 0.15) is 21.5 Å². The van der Waals surface area contributed by atoms with Gasteiger partial charge < -0.3 is 10.2 Å². The predicted molar refractivity (Wildman–Crippen MR) is 139 cm³/mol. The average Bonchev–Trinajstić information content (AvgIpc) is 2.83. The monoisotopic (exact) mass is 477 g/mol. The molecular formula is C26H24ClN3O2S. The Hall–Kier alpha value is -3.48. The van der Waals surface area contributed by atoms with Crippen molar-refractivity contribution >= 4 is 52.5 Å². The zero-order chi connectivity index (χ0) is 23.6. The topological polar surface area (TPSA) is 61.4 Å². The van der Waals surface area contributed by atoms with Crippen molar-refractivity contribution in [2.45, 2.75) is 6.42 Å². The third-order valence-electron chi connectivity index (χ3n) is 4.91. The molecule has 0 unspecified atom stereocenters. The maximum absolute atomic E-state index is 12.8. The van der Waals surface area contributed by atoms with Crippen LogP contribution in [-0.2, 0) is 11.2 Å². The summed E-state index contributed by atoms with van der Waals surface area (Å²) in [6.07, 6.45) is 3.72. The maximum Gasteiger partial charge on any atom is 0.253 e. The van der Waals surface area contributed by atoms with Gasteiger partial charge in [-0.1, -0.05) is 72.3 Å². The molecule has 3 aromatic rings. The lowest BCUT2D eigenvalue weighted by molar-refractivity contribution is -0.115. The molecule has 0 bridgehead atoms. The summed E-state index contributed by atoms with van der Waals surface area (Å²) in [6, 6.07) is 24.3. The Morgan fingerprint density at radius 1 is 0.970 bits per heavy atom. The molecule has 0 fully saturated rings. The summed E-state index contributed by atoms with van der Waals surface area (Å²) in [4.78, 5) is 26.7. The Kier molecular flexibility index (Phi) is 8.75. The van der Waals surface area contributed by atoms with Crippen LogP contribution in [0.25, 0.3) is 6.08 Å². The first-order valence-electron chi connectivity index (χ1n) is 10.4. The molecule has 168 valence electrons. The second-order valence-corrected chi connectivity index (χ2v) is 8.01. The quantitative estimate of drug-likeness (QED) is 0.376. The molecule has 0 atom stereocenters. The number of benzene rings is 3. The number of anilines is 1. The first-order valence-corrected chi connectivity index (χ1v) is 11.2. The van der Waals surface area contributed by atoms with Crippen molar-refractivity contribution < 1.29 is 9.59 Å². The number of hydrogen-bond donors (Lipinski definition) is 2. The van der Waals surface area contributed by atoms with Crippen molar-refractivity contribution in [3.05, 3.63) is 107 Å². The van der Waals surface area contributed by atoms with Gasteiger partial charge in [0.25, 0.3) is 5.91 Å². The lowest BCUT2D eigenvalue weighted by atomic mass is 10.1. The molecule has 3 rings (SSSR count). The van der Waals surface area contributed by atoms with Crippen LogP contribution in [0.15, 0.2) is 84.9 Å². The van der Waals surface area contributed by atoms with Gasteiger partial charge in [-0.05, 0) is 54.0 Å². The first-order chi connectivity index (χ1) is 16.0. The van der Waals surface area contributed by atoms with E-state index in [-0.39, 0.29) is 11.0 Å². The fourth-order valence-corrected chi connectivity index (χ4v) is 3.53. The number of halogens is 1. The molecule has 0 heterocycles. The third-order valence-corrected chi connectivity index (χ3v) is 5.63. The highest BCUT2D eigenvalue weighted by Crippen LogP contribution is 2.20. The molecule has 2 amide bonds. The number of nitrogens with zero attached hydrogens (tertiary/aromatic N) is 1. The minimum absolute atomic E-state index is 0.174. The summed E-state index contributed by atoms with van der Waals surface area (Å²) < 4.78 is 0. The Balaban J connectivity index is 1.61. The van der Waals surface area contributed by atoms with E-state index >= 15 is 0 Å². The number of amides is 2. The fourth-order valence-electron chi connectivity index (χ4n) is 3.13. The molecule has 7 heteroatoms. The van der Waals surface area contributed by atoms with Crippen LogP contribution in [-0.4, -0.2) is 30.5 Å². The van der Waals surface area contributed by atoms with E-state index < -0.39 is 5.91 Å². The van der Waals surface area contributed by atoms with E-state index in [0.29, 0.717) is 22.8 Å². The van der Waals surface area contributed by atoms with Gasteiger partial charge in [0.05, 0.1) is 11.3 Å². The largest absolute Gasteiger partial charge is 0.352 e. The van der Waals surface area contributed by atoms with Crippen molar-refractivity contribution in [1.82, 2.24) is 10.6 Å². The van der Waals surface area contributed by atoms with Crippen LogP contribution in [0.3, 0.4) is 0 Å². The van der Waals surface area contributed by atoms with Gasteiger partial charge in [0.15, 0.2) is 5.11 Å². The van der Waals surface area contributed by atoms with E-state index in [9.17, 15) is 9.59 Å². The summed E-state index contributed by atoms with van der Waals surface area (Å²) in [5.74, 6) is -0.599. The second kappa shape index (κ2) is 11.9. The van der Waals surface area contributed by atoms with Gasteiger partial charge in [-0.3, -0.25) is 14.9 Å². The molecule has 2 N–H and O–H groups in total. The predicted octanol–water partition coefficient (Wildman–Crippen LogP) is 4.86. The smallest absolute Gasteiger partial charge is 0.253 e. The van der Waals surface area contributed by atoms with E-state index in [1.54, 1.807) is 42.3 Å². The number of carbonyl (C=O) groups is 2. The normalized spacial score (nSPS) is 10.6. The molecule has 0 aliphatic rings. The Morgan fingerprint density at radius 3 is 2.39 bits per heavy atom. The summed E-state index contributed by atoms with van der Waals surface area (Å²) in [5.41, 5.74) is 2.94. The van der Waals surface area contributed by atoms with Gasteiger partial charge in [-0.25, -0.2) is 0 Å². The molecule has 0 aromatic heterocycles. The highest BCUT2D eigenvalue weighted by molar-refractivity contribution is 7.80. The van der Waals surface area contributed by atoms with E-state index in [1.807, 2.05) is 54.6 Å². The number of carbonyl (C=O) groups excluding carboxylic acids is 2. The summed E-state index contributed by atoms with van der Waals surface area (Å²) >= 11 is 11.5. The van der Waals surface area contributed by atoms with Crippen molar-refractivity contribution in [2.24, 2.45) is 0 Å². The number of hydrogen-bond acceptors (Lipinski definition) is 3. The first kappa shape index (κ1) is 24.2. The lowest BCUT2D eigenvalue weighted by Gasteiger charge is -2.22. The van der Waals surface area contributed by atoms with Gasteiger partial charge in [-0.2, -0.15) is 0 Å². The van der Waals surface area contributed by atoms with Crippen molar-refractivity contribution in [2.75, 3.05) is 18.5 Å². The Morgan fingerprint density at radius 2 is 1.64 bits per heavy atom. The number of para-hydroxylation sites is 1. The molecule has 5 nitrogen and oxygen atoms in total. The van der Waals surface area contributed by atoms with Crippen LogP contribution in [0.2, 0.25) is 5.02 Å². The molecule has 0 radical (unpaired) electrons. The van der Waals surface area contributed by atoms with Gasteiger partial charge in [0.1, 0.15) is 0 Å². The second-order valence-electron chi connectivity index (χ2n) is 7.22.